The largest absolute Gasteiger partial charge is 0.353 e. The molecule has 0 aromatic rings. The predicted molar refractivity (Wildman–Crippen MR) is 70.7 cm³/mol. The normalized spacial score (nSPS) is 19.5. The summed E-state index contributed by atoms with van der Waals surface area (Å²) in [7, 11) is 4.15. The molecule has 1 atom stereocenters. The lowest BCUT2D eigenvalue weighted by Crippen LogP contribution is -2.49. The molecule has 0 aromatic carbocycles. The third-order valence-corrected chi connectivity index (χ3v) is 3.97. The van der Waals surface area contributed by atoms with Gasteiger partial charge in [-0.2, -0.15) is 0 Å². The molecular weight excluding hydrogens is 214 g/mol. The Hall–Kier alpha value is -0.610. The second-order valence-corrected chi connectivity index (χ2v) is 5.47. The van der Waals surface area contributed by atoms with Gasteiger partial charge >= 0.3 is 0 Å². The average molecular weight is 241 g/mol. The number of amides is 1. The number of hydrogen-bond acceptors (Lipinski definition) is 3. The van der Waals surface area contributed by atoms with Crippen LogP contribution in [0.1, 0.15) is 39.5 Å². The first-order chi connectivity index (χ1) is 7.94. The molecule has 1 saturated carbocycles. The van der Waals surface area contributed by atoms with E-state index in [1.807, 2.05) is 0 Å². The summed E-state index contributed by atoms with van der Waals surface area (Å²) in [5.41, 5.74) is 5.32. The van der Waals surface area contributed by atoms with E-state index in [-0.39, 0.29) is 5.91 Å². The van der Waals surface area contributed by atoms with E-state index < -0.39 is 5.54 Å². The number of hydrogen-bond donors (Lipinski definition) is 2. The minimum absolute atomic E-state index is 0.0234. The van der Waals surface area contributed by atoms with Crippen LogP contribution in [0.3, 0.4) is 0 Å². The topological polar surface area (TPSA) is 58.4 Å². The Morgan fingerprint density at radius 1 is 1.35 bits per heavy atom. The summed E-state index contributed by atoms with van der Waals surface area (Å²) in [6.45, 7) is 5.12. The van der Waals surface area contributed by atoms with Crippen LogP contribution in [0.4, 0.5) is 0 Å². The van der Waals surface area contributed by atoms with Crippen LogP contribution in [0, 0.1) is 5.92 Å². The number of carbonyl (C=O) groups excluding carboxylic acids is 1. The summed E-state index contributed by atoms with van der Waals surface area (Å²) in [4.78, 5) is 14.0. The SMILES string of the molecule is CCC(CC)C(CNC(=O)C1(N)CC1)N(C)C. The van der Waals surface area contributed by atoms with Gasteiger partial charge in [0.05, 0.1) is 5.54 Å². The summed E-state index contributed by atoms with van der Waals surface area (Å²) >= 11 is 0. The summed E-state index contributed by atoms with van der Waals surface area (Å²) in [5, 5.41) is 3.01. The molecule has 100 valence electrons. The Labute approximate surface area is 105 Å². The zero-order chi connectivity index (χ0) is 13.1. The summed E-state index contributed by atoms with van der Waals surface area (Å²) in [6.07, 6.45) is 3.94. The molecule has 1 unspecified atom stereocenters. The van der Waals surface area contributed by atoms with E-state index in [0.717, 1.165) is 25.7 Å². The van der Waals surface area contributed by atoms with Crippen molar-refractivity contribution in [1.82, 2.24) is 10.2 Å². The molecule has 4 nitrogen and oxygen atoms in total. The van der Waals surface area contributed by atoms with Crippen molar-refractivity contribution < 1.29 is 4.79 Å². The van der Waals surface area contributed by atoms with E-state index in [9.17, 15) is 4.79 Å². The minimum Gasteiger partial charge on any atom is -0.353 e. The Balaban J connectivity index is 2.46. The zero-order valence-corrected chi connectivity index (χ0v) is 11.6. The Morgan fingerprint density at radius 2 is 1.88 bits per heavy atom. The first-order valence-electron chi connectivity index (χ1n) is 6.68. The third-order valence-electron chi connectivity index (χ3n) is 3.97. The summed E-state index contributed by atoms with van der Waals surface area (Å²) < 4.78 is 0. The van der Waals surface area contributed by atoms with E-state index in [2.05, 4.69) is 38.2 Å². The highest BCUT2D eigenvalue weighted by Crippen LogP contribution is 2.32. The van der Waals surface area contributed by atoms with Crippen LogP contribution >= 0.6 is 0 Å². The van der Waals surface area contributed by atoms with Crippen molar-refractivity contribution in [3.63, 3.8) is 0 Å². The van der Waals surface area contributed by atoms with Gasteiger partial charge in [-0.05, 0) is 32.9 Å². The first kappa shape index (κ1) is 14.5. The van der Waals surface area contributed by atoms with Gasteiger partial charge in [0, 0.05) is 12.6 Å². The van der Waals surface area contributed by atoms with Gasteiger partial charge in [0.1, 0.15) is 0 Å². The predicted octanol–water partition coefficient (Wildman–Crippen LogP) is 0.960. The lowest BCUT2D eigenvalue weighted by Gasteiger charge is -2.31. The number of likely N-dealkylation sites (N-methyl/N-ethyl adjacent to an activating group) is 1. The van der Waals surface area contributed by atoms with Gasteiger partial charge in [0.15, 0.2) is 0 Å². The lowest BCUT2D eigenvalue weighted by atomic mass is 9.93. The van der Waals surface area contributed by atoms with E-state index >= 15 is 0 Å². The quantitative estimate of drug-likeness (QED) is 0.698. The van der Waals surface area contributed by atoms with E-state index in [4.69, 9.17) is 5.73 Å². The van der Waals surface area contributed by atoms with Crippen molar-refractivity contribution in [2.45, 2.75) is 51.1 Å². The molecule has 1 aliphatic rings. The van der Waals surface area contributed by atoms with E-state index in [0.29, 0.717) is 18.5 Å². The highest BCUT2D eigenvalue weighted by molar-refractivity contribution is 5.88. The van der Waals surface area contributed by atoms with Gasteiger partial charge < -0.3 is 16.0 Å². The van der Waals surface area contributed by atoms with Gasteiger partial charge in [0.2, 0.25) is 5.91 Å². The maximum atomic E-state index is 11.8. The molecule has 1 amide bonds. The zero-order valence-electron chi connectivity index (χ0n) is 11.6. The van der Waals surface area contributed by atoms with Crippen LogP contribution in [0.5, 0.6) is 0 Å². The molecule has 4 heteroatoms. The van der Waals surface area contributed by atoms with Crippen molar-refractivity contribution >= 4 is 5.91 Å². The fourth-order valence-electron chi connectivity index (χ4n) is 2.34. The Bertz CT molecular complexity index is 257. The number of carbonyl (C=O) groups is 1. The molecule has 1 fully saturated rings. The average Bonchev–Trinajstić information content (AvgIpc) is 3.03. The maximum Gasteiger partial charge on any atom is 0.240 e. The van der Waals surface area contributed by atoms with Gasteiger partial charge in [-0.15, -0.1) is 0 Å². The smallest absolute Gasteiger partial charge is 0.240 e. The van der Waals surface area contributed by atoms with Crippen LogP contribution in [0.25, 0.3) is 0 Å². The molecule has 0 saturated heterocycles. The maximum absolute atomic E-state index is 11.8. The van der Waals surface area contributed by atoms with E-state index in [1.165, 1.54) is 0 Å². The highest BCUT2D eigenvalue weighted by Gasteiger charge is 2.45. The molecule has 1 rings (SSSR count). The monoisotopic (exact) mass is 241 g/mol. The number of nitrogens with zero attached hydrogens (tertiary/aromatic N) is 1. The highest BCUT2D eigenvalue weighted by atomic mass is 16.2. The summed E-state index contributed by atoms with van der Waals surface area (Å²) in [5.74, 6) is 0.647. The molecule has 17 heavy (non-hydrogen) atoms. The Kier molecular flexibility index (Phi) is 4.95. The van der Waals surface area contributed by atoms with Crippen LogP contribution in [0.15, 0.2) is 0 Å². The van der Waals surface area contributed by atoms with E-state index in [1.54, 1.807) is 0 Å². The molecule has 1 aliphatic carbocycles. The second kappa shape index (κ2) is 5.83. The molecule has 0 heterocycles. The van der Waals surface area contributed by atoms with Crippen molar-refractivity contribution in [2.24, 2.45) is 11.7 Å². The molecule has 0 radical (unpaired) electrons. The van der Waals surface area contributed by atoms with Gasteiger partial charge in [-0.1, -0.05) is 26.7 Å². The fraction of sp³-hybridized carbons (Fsp3) is 0.923. The standard InChI is InChI=1S/C13H27N3O/c1-5-10(6-2)11(16(3)4)9-15-12(17)13(14)7-8-13/h10-11H,5-9,14H2,1-4H3,(H,15,17). The van der Waals surface area contributed by atoms with Crippen LogP contribution in [-0.4, -0.2) is 43.0 Å². The van der Waals surface area contributed by atoms with Crippen LogP contribution in [0.2, 0.25) is 0 Å². The van der Waals surface area contributed by atoms with Gasteiger partial charge in [0.25, 0.3) is 0 Å². The molecule has 0 spiro atoms. The second-order valence-electron chi connectivity index (χ2n) is 5.47. The lowest BCUT2D eigenvalue weighted by molar-refractivity contribution is -0.123. The fourth-order valence-corrected chi connectivity index (χ4v) is 2.34. The molecule has 0 aliphatic heterocycles. The molecule has 0 bridgehead atoms. The molecule has 0 aromatic heterocycles. The van der Waals surface area contributed by atoms with Crippen molar-refractivity contribution in [2.75, 3.05) is 20.6 Å². The van der Waals surface area contributed by atoms with Crippen molar-refractivity contribution in [1.29, 1.82) is 0 Å². The van der Waals surface area contributed by atoms with Crippen molar-refractivity contribution in [3.05, 3.63) is 0 Å². The first-order valence-corrected chi connectivity index (χ1v) is 6.68. The Morgan fingerprint density at radius 3 is 2.24 bits per heavy atom. The van der Waals surface area contributed by atoms with Crippen LogP contribution < -0.4 is 11.1 Å². The number of nitrogens with two attached hydrogens (primary N) is 1. The third kappa shape index (κ3) is 3.68. The number of nitrogens with one attached hydrogen (secondary N) is 1. The van der Waals surface area contributed by atoms with Crippen molar-refractivity contribution in [3.8, 4) is 0 Å². The number of rotatable bonds is 7. The van der Waals surface area contributed by atoms with Gasteiger partial charge in [-0.3, -0.25) is 4.79 Å². The van der Waals surface area contributed by atoms with Crippen LogP contribution in [-0.2, 0) is 4.79 Å². The summed E-state index contributed by atoms with van der Waals surface area (Å²) in [6, 6.07) is 0.399. The molecular formula is C13H27N3O. The minimum atomic E-state index is -0.551. The van der Waals surface area contributed by atoms with Gasteiger partial charge in [-0.25, -0.2) is 0 Å². The molecule has 3 N–H and O–H groups in total.